The molecule has 2 fully saturated rings. The zero-order chi connectivity index (χ0) is 27.2. The standard InChI is InChI=1S/C23H27Cl2N5O6S/c1-22(2)13-6-8-23(22,9-7-13)21(34)37(35,36)28-17(11-20(32)33)18(31)12-30-27-19(26-29-30)10-14-15(24)4-3-5-16(14)25/h3-5,13,17,28H,6-12H2,1-2H3,(H,32,33). The number of carboxylic acid groups (broad SMARTS) is 1. The van der Waals surface area contributed by atoms with Gasteiger partial charge in [0, 0.05) is 16.5 Å². The summed E-state index contributed by atoms with van der Waals surface area (Å²) in [5.41, 5.74) is -0.991. The lowest BCUT2D eigenvalue weighted by molar-refractivity contribution is -0.139. The van der Waals surface area contributed by atoms with Crippen molar-refractivity contribution in [2.24, 2.45) is 16.7 Å². The normalized spacial score (nSPS) is 23.2. The number of hydrogen-bond acceptors (Lipinski definition) is 8. The van der Waals surface area contributed by atoms with Crippen LogP contribution in [0.2, 0.25) is 10.0 Å². The van der Waals surface area contributed by atoms with E-state index < -0.39 is 56.7 Å². The van der Waals surface area contributed by atoms with Crippen molar-refractivity contribution in [3.8, 4) is 0 Å². The number of nitrogens with one attached hydrogen (secondary N) is 1. The van der Waals surface area contributed by atoms with Gasteiger partial charge in [0.05, 0.1) is 17.9 Å². The molecule has 1 aromatic heterocycles. The van der Waals surface area contributed by atoms with Crippen LogP contribution < -0.4 is 4.72 Å². The Kier molecular flexibility index (Phi) is 7.50. The van der Waals surface area contributed by atoms with Crippen molar-refractivity contribution in [3.05, 3.63) is 39.6 Å². The van der Waals surface area contributed by atoms with Crippen LogP contribution in [0, 0.1) is 16.7 Å². The number of tetrazole rings is 1. The van der Waals surface area contributed by atoms with E-state index in [-0.39, 0.29) is 18.2 Å². The molecule has 0 saturated heterocycles. The van der Waals surface area contributed by atoms with Crippen LogP contribution in [0.1, 0.15) is 57.3 Å². The highest BCUT2D eigenvalue weighted by Gasteiger charge is 2.65. The molecule has 11 nitrogen and oxygen atoms in total. The zero-order valence-corrected chi connectivity index (χ0v) is 22.6. The molecule has 1 atom stereocenters. The summed E-state index contributed by atoms with van der Waals surface area (Å²) >= 11 is 12.3. The lowest BCUT2D eigenvalue weighted by Crippen LogP contribution is -2.51. The minimum absolute atomic E-state index is 0.130. The SMILES string of the molecule is CC1(C)C2CCC1(C(=O)S(=O)(=O)NC(CC(=O)O)C(=O)Cn1nnc(Cc3c(Cl)cccc3Cl)n1)CC2. The second-order valence-electron chi connectivity index (χ2n) is 10.2. The minimum atomic E-state index is -4.65. The van der Waals surface area contributed by atoms with E-state index in [9.17, 15) is 27.9 Å². The molecule has 0 radical (unpaired) electrons. The third-order valence-electron chi connectivity index (χ3n) is 7.98. The van der Waals surface area contributed by atoms with Crippen LogP contribution in [-0.2, 0) is 37.4 Å². The van der Waals surface area contributed by atoms with E-state index in [0.717, 1.165) is 17.6 Å². The van der Waals surface area contributed by atoms with Crippen molar-refractivity contribution in [3.63, 3.8) is 0 Å². The van der Waals surface area contributed by atoms with Gasteiger partial charge in [-0.05, 0) is 59.9 Å². The molecule has 2 bridgehead atoms. The smallest absolute Gasteiger partial charge is 0.305 e. The maximum atomic E-state index is 13.3. The topological polar surface area (TPSA) is 161 Å². The van der Waals surface area contributed by atoms with E-state index in [1.165, 1.54) is 0 Å². The summed E-state index contributed by atoms with van der Waals surface area (Å²) in [6.45, 7) is 3.24. The van der Waals surface area contributed by atoms with Crippen molar-refractivity contribution in [2.45, 2.75) is 65.0 Å². The molecule has 4 rings (SSSR count). The lowest BCUT2D eigenvalue weighted by atomic mass is 9.70. The van der Waals surface area contributed by atoms with E-state index >= 15 is 0 Å². The van der Waals surface area contributed by atoms with Crippen LogP contribution in [0.5, 0.6) is 0 Å². The van der Waals surface area contributed by atoms with Crippen molar-refractivity contribution in [1.82, 2.24) is 24.9 Å². The molecular formula is C23H27Cl2N5O6S. The summed E-state index contributed by atoms with van der Waals surface area (Å²) in [7, 11) is -4.65. The summed E-state index contributed by atoms with van der Waals surface area (Å²) in [5, 5.41) is 20.9. The van der Waals surface area contributed by atoms with Crippen LogP contribution in [0.25, 0.3) is 0 Å². The third kappa shape index (κ3) is 5.16. The number of fused-ring (bicyclic) bond motifs is 2. The highest BCUT2D eigenvalue weighted by Crippen LogP contribution is 2.66. The van der Waals surface area contributed by atoms with Crippen molar-refractivity contribution in [2.75, 3.05) is 0 Å². The Morgan fingerprint density at radius 3 is 2.35 bits per heavy atom. The fourth-order valence-electron chi connectivity index (χ4n) is 5.75. The van der Waals surface area contributed by atoms with Crippen LogP contribution in [0.15, 0.2) is 18.2 Å². The number of hydrogen-bond donors (Lipinski definition) is 2. The summed E-state index contributed by atoms with van der Waals surface area (Å²) in [5.74, 6) is -1.79. The highest BCUT2D eigenvalue weighted by molar-refractivity contribution is 8.04. The number of carbonyl (C=O) groups is 3. The molecule has 1 aromatic carbocycles. The molecule has 37 heavy (non-hydrogen) atoms. The molecule has 200 valence electrons. The fourth-order valence-corrected chi connectivity index (χ4v) is 7.96. The molecule has 14 heteroatoms. The molecule has 2 aliphatic rings. The van der Waals surface area contributed by atoms with Gasteiger partial charge in [-0.2, -0.15) is 9.52 Å². The number of nitrogens with zero attached hydrogens (tertiary/aromatic N) is 4. The number of halogens is 2. The number of aromatic nitrogens is 4. The van der Waals surface area contributed by atoms with E-state index in [1.54, 1.807) is 18.2 Å². The predicted octanol–water partition coefficient (Wildman–Crippen LogP) is 2.65. The second-order valence-corrected chi connectivity index (χ2v) is 12.6. The molecule has 1 heterocycles. The molecule has 0 amide bonds. The molecular weight excluding hydrogens is 545 g/mol. The van der Waals surface area contributed by atoms with Gasteiger partial charge in [-0.25, -0.2) is 8.42 Å². The van der Waals surface area contributed by atoms with Crippen LogP contribution >= 0.6 is 23.2 Å². The van der Waals surface area contributed by atoms with Gasteiger partial charge in [0.15, 0.2) is 11.6 Å². The van der Waals surface area contributed by atoms with Gasteiger partial charge in [-0.3, -0.25) is 14.4 Å². The Morgan fingerprint density at radius 2 is 1.81 bits per heavy atom. The molecule has 2 aromatic rings. The quantitative estimate of drug-likeness (QED) is 0.436. The number of Topliss-reactive ketones (excluding diaryl/α,β-unsaturated/α-hetero) is 1. The Labute approximate surface area is 223 Å². The van der Waals surface area contributed by atoms with Crippen molar-refractivity contribution in [1.29, 1.82) is 0 Å². The predicted molar refractivity (Wildman–Crippen MR) is 133 cm³/mol. The summed E-state index contributed by atoms with van der Waals surface area (Å²) in [6.07, 6.45) is 1.69. The highest BCUT2D eigenvalue weighted by atomic mass is 35.5. The monoisotopic (exact) mass is 571 g/mol. The number of carbonyl (C=O) groups excluding carboxylic acids is 2. The molecule has 2 saturated carbocycles. The van der Waals surface area contributed by atoms with E-state index in [0.29, 0.717) is 28.5 Å². The first-order chi connectivity index (χ1) is 17.3. The number of sulfonamides is 1. The number of carboxylic acids is 1. The van der Waals surface area contributed by atoms with Gasteiger partial charge >= 0.3 is 5.97 Å². The Balaban J connectivity index is 1.49. The van der Waals surface area contributed by atoms with Gasteiger partial charge in [0.25, 0.3) is 15.1 Å². The first-order valence-electron chi connectivity index (χ1n) is 11.8. The zero-order valence-electron chi connectivity index (χ0n) is 20.3. The van der Waals surface area contributed by atoms with Crippen molar-refractivity contribution >= 4 is 50.1 Å². The Morgan fingerprint density at radius 1 is 1.19 bits per heavy atom. The molecule has 0 aliphatic heterocycles. The van der Waals surface area contributed by atoms with Gasteiger partial charge in [0.1, 0.15) is 6.54 Å². The van der Waals surface area contributed by atoms with Crippen LogP contribution in [0.3, 0.4) is 0 Å². The number of ketones is 1. The molecule has 0 spiro atoms. The van der Waals surface area contributed by atoms with E-state index in [4.69, 9.17) is 23.2 Å². The van der Waals surface area contributed by atoms with Crippen LogP contribution in [-0.4, -0.2) is 56.6 Å². The maximum Gasteiger partial charge on any atom is 0.305 e. The Hall–Kier alpha value is -2.41. The summed E-state index contributed by atoms with van der Waals surface area (Å²) in [6, 6.07) is 3.30. The lowest BCUT2D eigenvalue weighted by Gasteiger charge is -2.36. The third-order valence-corrected chi connectivity index (χ3v) is 10.2. The average molecular weight is 572 g/mol. The second kappa shape index (κ2) is 10.0. The van der Waals surface area contributed by atoms with Crippen molar-refractivity contribution < 1.29 is 27.9 Å². The molecule has 2 N–H and O–H groups in total. The minimum Gasteiger partial charge on any atom is -0.481 e. The number of aliphatic carboxylic acids is 1. The largest absolute Gasteiger partial charge is 0.481 e. The first kappa shape index (κ1) is 27.6. The van der Waals surface area contributed by atoms with Gasteiger partial charge in [-0.1, -0.05) is 43.1 Å². The van der Waals surface area contributed by atoms with Crippen LogP contribution in [0.4, 0.5) is 0 Å². The molecule has 2 aliphatic carbocycles. The average Bonchev–Trinajstić information content (AvgIpc) is 3.44. The van der Waals surface area contributed by atoms with Gasteiger partial charge in [0.2, 0.25) is 0 Å². The van der Waals surface area contributed by atoms with E-state index in [1.807, 2.05) is 13.8 Å². The Bertz CT molecular complexity index is 1330. The van der Waals surface area contributed by atoms with Gasteiger partial charge < -0.3 is 5.11 Å². The molecule has 1 unspecified atom stereocenters. The maximum absolute atomic E-state index is 13.3. The summed E-state index contributed by atoms with van der Waals surface area (Å²) in [4.78, 5) is 38.6. The van der Waals surface area contributed by atoms with E-state index in [2.05, 4.69) is 20.1 Å². The first-order valence-corrected chi connectivity index (χ1v) is 14.0. The number of benzene rings is 1. The number of rotatable bonds is 10. The fraction of sp³-hybridized carbons (Fsp3) is 0.565. The van der Waals surface area contributed by atoms with Gasteiger partial charge in [-0.15, -0.1) is 10.2 Å². The summed E-state index contributed by atoms with van der Waals surface area (Å²) < 4.78 is 28.3.